The summed E-state index contributed by atoms with van der Waals surface area (Å²) in [6.45, 7) is 0. The fourth-order valence-corrected chi connectivity index (χ4v) is 4.83. The maximum Gasteiger partial charge on any atom is 0.131 e. The number of alkyl halides is 2. The zero-order valence-electron chi connectivity index (χ0n) is 8.86. The summed E-state index contributed by atoms with van der Waals surface area (Å²) in [5.41, 5.74) is 0. The monoisotopic (exact) mass is 276 g/mol. The summed E-state index contributed by atoms with van der Waals surface area (Å²) in [5.74, 6) is 0. The minimum absolute atomic E-state index is 0.603. The first kappa shape index (κ1) is 12.6. The summed E-state index contributed by atoms with van der Waals surface area (Å²) in [4.78, 5) is 1.13. The van der Waals surface area contributed by atoms with Gasteiger partial charge in [0.25, 0.3) is 0 Å². The molecule has 2 rings (SSSR count). The van der Waals surface area contributed by atoms with Gasteiger partial charge in [-0.25, -0.2) is 4.39 Å². The summed E-state index contributed by atoms with van der Waals surface area (Å²) in [5, 5.41) is 0. The van der Waals surface area contributed by atoms with Gasteiger partial charge in [0.05, 0.1) is 0 Å². The first-order valence-electron chi connectivity index (χ1n) is 5.44. The van der Waals surface area contributed by atoms with Gasteiger partial charge in [-0.15, -0.1) is 11.6 Å². The maximum atomic E-state index is 13.8. The van der Waals surface area contributed by atoms with E-state index in [9.17, 15) is 4.39 Å². The molecule has 1 fully saturated rings. The van der Waals surface area contributed by atoms with Crippen LogP contribution in [0, 0.1) is 0 Å². The molecule has 0 radical (unpaired) electrons. The van der Waals surface area contributed by atoms with Crippen molar-refractivity contribution < 1.29 is 4.39 Å². The number of halogens is 2. The average Bonchev–Trinajstić information content (AvgIpc) is 2.32. The average molecular weight is 277 g/mol. The van der Waals surface area contributed by atoms with Crippen molar-refractivity contribution >= 4 is 33.2 Å². The van der Waals surface area contributed by atoms with Crippen LogP contribution in [0.1, 0.15) is 25.7 Å². The SMILES string of the molecule is FC1CCCCC1(Cl)SSc1ccccc1. The first-order chi connectivity index (χ1) is 7.71. The molecule has 16 heavy (non-hydrogen) atoms. The van der Waals surface area contributed by atoms with Crippen LogP contribution in [0.2, 0.25) is 0 Å². The smallest absolute Gasteiger partial charge is 0.131 e. The van der Waals surface area contributed by atoms with Crippen LogP contribution in [0.15, 0.2) is 35.2 Å². The zero-order chi connectivity index (χ0) is 11.4. The standard InChI is InChI=1S/C12H14ClFS2/c13-12(9-5-4-8-11(12)14)16-15-10-6-2-1-3-7-10/h1-3,6-7,11H,4-5,8-9H2. The normalized spacial score (nSPS) is 30.2. The van der Waals surface area contributed by atoms with E-state index in [1.807, 2.05) is 30.3 Å². The van der Waals surface area contributed by atoms with Gasteiger partial charge in [0.15, 0.2) is 0 Å². The largest absolute Gasteiger partial charge is 0.245 e. The molecule has 1 aromatic carbocycles. The summed E-state index contributed by atoms with van der Waals surface area (Å²) in [6.07, 6.45) is 2.48. The number of hydrogen-bond donors (Lipinski definition) is 0. The van der Waals surface area contributed by atoms with Crippen LogP contribution < -0.4 is 0 Å². The highest BCUT2D eigenvalue weighted by Gasteiger charge is 2.40. The Morgan fingerprint density at radius 2 is 2.00 bits per heavy atom. The van der Waals surface area contributed by atoms with E-state index >= 15 is 0 Å². The summed E-state index contributed by atoms with van der Waals surface area (Å²) < 4.78 is 13.0. The maximum absolute atomic E-state index is 13.8. The van der Waals surface area contributed by atoms with E-state index < -0.39 is 10.4 Å². The molecule has 2 unspecified atom stereocenters. The van der Waals surface area contributed by atoms with Gasteiger partial charge in [-0.3, -0.25) is 0 Å². The van der Waals surface area contributed by atoms with Crippen molar-refractivity contribution in [1.29, 1.82) is 0 Å². The second-order valence-electron chi connectivity index (χ2n) is 3.98. The van der Waals surface area contributed by atoms with Gasteiger partial charge in [0, 0.05) is 4.90 Å². The molecule has 0 spiro atoms. The predicted molar refractivity (Wildman–Crippen MR) is 71.8 cm³/mol. The molecule has 0 bridgehead atoms. The lowest BCUT2D eigenvalue weighted by Gasteiger charge is -2.33. The van der Waals surface area contributed by atoms with Crippen molar-refractivity contribution in [2.45, 2.75) is 41.0 Å². The Hall–Kier alpha value is 0.140. The molecular weight excluding hydrogens is 263 g/mol. The van der Waals surface area contributed by atoms with Gasteiger partial charge >= 0.3 is 0 Å². The highest BCUT2D eigenvalue weighted by atomic mass is 35.5. The molecule has 0 heterocycles. The number of hydrogen-bond acceptors (Lipinski definition) is 2. The predicted octanol–water partition coefficient (Wildman–Crippen LogP) is 5.27. The minimum Gasteiger partial charge on any atom is -0.245 e. The fourth-order valence-electron chi connectivity index (χ4n) is 1.75. The highest BCUT2D eigenvalue weighted by molar-refractivity contribution is 8.77. The van der Waals surface area contributed by atoms with Gasteiger partial charge < -0.3 is 0 Å². The summed E-state index contributed by atoms with van der Waals surface area (Å²) >= 11 is 6.34. The molecule has 0 N–H and O–H groups in total. The van der Waals surface area contributed by atoms with Crippen LogP contribution in [-0.2, 0) is 0 Å². The van der Waals surface area contributed by atoms with Crippen molar-refractivity contribution in [3.05, 3.63) is 30.3 Å². The lowest BCUT2D eigenvalue weighted by Crippen LogP contribution is -2.32. The second kappa shape index (κ2) is 5.65. The van der Waals surface area contributed by atoms with E-state index in [1.165, 1.54) is 10.8 Å². The van der Waals surface area contributed by atoms with Crippen LogP contribution in [-0.4, -0.2) is 10.4 Å². The van der Waals surface area contributed by atoms with Crippen molar-refractivity contribution in [2.75, 3.05) is 0 Å². The lowest BCUT2D eigenvalue weighted by molar-refractivity contribution is 0.241. The molecule has 0 nitrogen and oxygen atoms in total. The van der Waals surface area contributed by atoms with Crippen LogP contribution in [0.5, 0.6) is 0 Å². The molecule has 0 aromatic heterocycles. The topological polar surface area (TPSA) is 0 Å². The Bertz CT molecular complexity index is 333. The molecule has 4 heteroatoms. The van der Waals surface area contributed by atoms with Gasteiger partial charge in [0.1, 0.15) is 10.4 Å². The number of rotatable bonds is 3. The lowest BCUT2D eigenvalue weighted by atomic mass is 9.98. The Labute approximate surface area is 109 Å². The van der Waals surface area contributed by atoms with Crippen LogP contribution in [0.3, 0.4) is 0 Å². The van der Waals surface area contributed by atoms with Gasteiger partial charge in [-0.05, 0) is 25.0 Å². The van der Waals surface area contributed by atoms with Crippen molar-refractivity contribution in [2.24, 2.45) is 0 Å². The van der Waals surface area contributed by atoms with Crippen molar-refractivity contribution in [3.8, 4) is 0 Å². The number of benzene rings is 1. The van der Waals surface area contributed by atoms with E-state index in [-0.39, 0.29) is 0 Å². The molecule has 0 aliphatic heterocycles. The van der Waals surface area contributed by atoms with E-state index in [1.54, 1.807) is 10.8 Å². The highest BCUT2D eigenvalue weighted by Crippen LogP contribution is 2.52. The zero-order valence-corrected chi connectivity index (χ0v) is 11.3. The van der Waals surface area contributed by atoms with Crippen molar-refractivity contribution in [3.63, 3.8) is 0 Å². The Morgan fingerprint density at radius 3 is 2.69 bits per heavy atom. The van der Waals surface area contributed by atoms with Gasteiger partial charge in [-0.2, -0.15) is 0 Å². The van der Waals surface area contributed by atoms with E-state index in [2.05, 4.69) is 0 Å². The quantitative estimate of drug-likeness (QED) is 0.544. The molecule has 1 aromatic rings. The van der Waals surface area contributed by atoms with Crippen LogP contribution in [0.25, 0.3) is 0 Å². The third-order valence-electron chi connectivity index (χ3n) is 2.71. The third-order valence-corrected chi connectivity index (χ3v) is 6.65. The molecule has 0 amide bonds. The minimum atomic E-state index is -0.885. The Morgan fingerprint density at radius 1 is 1.25 bits per heavy atom. The fraction of sp³-hybridized carbons (Fsp3) is 0.500. The molecule has 0 saturated heterocycles. The van der Waals surface area contributed by atoms with Gasteiger partial charge in [-0.1, -0.05) is 52.6 Å². The molecule has 1 saturated carbocycles. The van der Waals surface area contributed by atoms with E-state index in [4.69, 9.17) is 11.6 Å². The summed E-state index contributed by atoms with van der Waals surface area (Å²) in [6, 6.07) is 9.99. The molecule has 2 atom stereocenters. The van der Waals surface area contributed by atoms with Gasteiger partial charge in [0.2, 0.25) is 0 Å². The van der Waals surface area contributed by atoms with E-state index in [0.717, 1.165) is 24.2 Å². The molecule has 1 aliphatic carbocycles. The Kier molecular flexibility index (Phi) is 4.45. The molecular formula is C12H14ClFS2. The first-order valence-corrected chi connectivity index (χ1v) is 7.97. The molecule has 88 valence electrons. The second-order valence-corrected chi connectivity index (χ2v) is 7.41. The van der Waals surface area contributed by atoms with E-state index in [0.29, 0.717) is 6.42 Å². The van der Waals surface area contributed by atoms with Crippen LogP contribution in [0.4, 0.5) is 4.39 Å². The third kappa shape index (κ3) is 3.08. The van der Waals surface area contributed by atoms with Crippen molar-refractivity contribution in [1.82, 2.24) is 0 Å². The van der Waals surface area contributed by atoms with Crippen LogP contribution >= 0.6 is 33.2 Å². The Balaban J connectivity index is 1.93. The summed E-state index contributed by atoms with van der Waals surface area (Å²) in [7, 11) is 3.04. The molecule has 1 aliphatic rings.